The van der Waals surface area contributed by atoms with Crippen LogP contribution in [0.4, 0.5) is 5.00 Å². The fraction of sp³-hybridized carbons (Fsp3) is 0.429. The maximum absolute atomic E-state index is 13.0. The Morgan fingerprint density at radius 3 is 2.50 bits per heavy atom. The number of aryl methyl sites for hydroxylation is 1. The molecular formula is C21H23N3O5S3. The van der Waals surface area contributed by atoms with Crippen LogP contribution in [0.2, 0.25) is 0 Å². The molecular weight excluding hydrogens is 470 g/mol. The van der Waals surface area contributed by atoms with E-state index in [0.29, 0.717) is 23.4 Å². The van der Waals surface area contributed by atoms with Gasteiger partial charge in [0.05, 0.1) is 15.4 Å². The third-order valence-electron chi connectivity index (χ3n) is 5.97. The van der Waals surface area contributed by atoms with E-state index < -0.39 is 19.9 Å². The number of rotatable bonds is 5. The zero-order valence-electron chi connectivity index (χ0n) is 17.5. The summed E-state index contributed by atoms with van der Waals surface area (Å²) in [5.74, 6) is -0.551. The molecule has 0 spiro atoms. The summed E-state index contributed by atoms with van der Waals surface area (Å²) in [6.07, 6.45) is 4.56. The average Bonchev–Trinajstić information content (AvgIpc) is 3.34. The highest BCUT2D eigenvalue weighted by Crippen LogP contribution is 2.39. The van der Waals surface area contributed by atoms with Crippen LogP contribution in [-0.4, -0.2) is 46.4 Å². The molecule has 1 aromatic heterocycles. The molecule has 0 saturated carbocycles. The van der Waals surface area contributed by atoms with Crippen LogP contribution in [0.1, 0.15) is 35.3 Å². The maximum atomic E-state index is 13.0. The highest BCUT2D eigenvalue weighted by molar-refractivity contribution is 7.91. The largest absolute Gasteiger partial charge is 0.316 e. The molecule has 170 valence electrons. The van der Waals surface area contributed by atoms with Gasteiger partial charge in [-0.2, -0.15) is 9.57 Å². The topological polar surface area (TPSA) is 124 Å². The van der Waals surface area contributed by atoms with Crippen molar-refractivity contribution < 1.29 is 21.6 Å². The predicted octanol–water partition coefficient (Wildman–Crippen LogP) is 2.55. The number of nitrogens with zero attached hydrogens (tertiary/aromatic N) is 2. The van der Waals surface area contributed by atoms with Gasteiger partial charge in [0, 0.05) is 30.1 Å². The summed E-state index contributed by atoms with van der Waals surface area (Å²) in [6.45, 7) is 0.325. The van der Waals surface area contributed by atoms with E-state index in [-0.39, 0.29) is 34.7 Å². The van der Waals surface area contributed by atoms with Gasteiger partial charge in [0.1, 0.15) is 11.1 Å². The van der Waals surface area contributed by atoms with Crippen molar-refractivity contribution in [3.05, 3.63) is 40.3 Å². The molecule has 2 aromatic rings. The van der Waals surface area contributed by atoms with E-state index in [2.05, 4.69) is 11.4 Å². The smallest absolute Gasteiger partial charge is 0.243 e. The van der Waals surface area contributed by atoms with E-state index in [1.165, 1.54) is 39.9 Å². The fourth-order valence-corrected chi connectivity index (χ4v) is 7.70. The van der Waals surface area contributed by atoms with Crippen LogP contribution in [0.15, 0.2) is 34.1 Å². The Balaban J connectivity index is 1.43. The number of carbonyl (C=O) groups is 1. The summed E-state index contributed by atoms with van der Waals surface area (Å²) in [4.78, 5) is 13.8. The molecule has 1 fully saturated rings. The van der Waals surface area contributed by atoms with Crippen LogP contribution in [0, 0.1) is 17.2 Å². The van der Waals surface area contributed by atoms with Crippen molar-refractivity contribution in [3.63, 3.8) is 0 Å². The number of hydrogen-bond donors (Lipinski definition) is 1. The lowest BCUT2D eigenvalue weighted by atomic mass is 9.97. The summed E-state index contributed by atoms with van der Waals surface area (Å²) >= 11 is 1.46. The monoisotopic (exact) mass is 493 g/mol. The number of nitriles is 1. The van der Waals surface area contributed by atoms with Crippen LogP contribution in [0.5, 0.6) is 0 Å². The molecule has 32 heavy (non-hydrogen) atoms. The van der Waals surface area contributed by atoms with Crippen molar-refractivity contribution in [2.45, 2.75) is 41.9 Å². The van der Waals surface area contributed by atoms with Gasteiger partial charge < -0.3 is 5.32 Å². The van der Waals surface area contributed by atoms with E-state index in [4.69, 9.17) is 0 Å². The molecule has 2 aliphatic rings. The molecule has 1 aromatic carbocycles. The number of hydrogen-bond acceptors (Lipinski definition) is 7. The number of sulfonamides is 1. The Labute approximate surface area is 191 Å². The molecule has 2 heterocycles. The number of sulfone groups is 1. The average molecular weight is 494 g/mol. The molecule has 0 radical (unpaired) electrons. The van der Waals surface area contributed by atoms with E-state index in [9.17, 15) is 26.9 Å². The number of thiophene rings is 1. The Hall–Kier alpha value is -2.26. The van der Waals surface area contributed by atoms with Crippen LogP contribution in [0.25, 0.3) is 0 Å². The molecule has 0 bridgehead atoms. The Morgan fingerprint density at radius 1 is 1.16 bits per heavy atom. The zero-order valence-corrected chi connectivity index (χ0v) is 19.9. The highest BCUT2D eigenvalue weighted by Gasteiger charge is 2.33. The van der Waals surface area contributed by atoms with Crippen molar-refractivity contribution in [1.29, 1.82) is 5.26 Å². The van der Waals surface area contributed by atoms with Crippen LogP contribution >= 0.6 is 11.3 Å². The molecule has 0 unspecified atom stereocenters. The van der Waals surface area contributed by atoms with Gasteiger partial charge in [-0.1, -0.05) is 6.07 Å². The minimum atomic E-state index is -3.87. The second kappa shape index (κ2) is 8.59. The number of nitrogens with one attached hydrogen (secondary N) is 1. The Kier molecular flexibility index (Phi) is 6.15. The third-order valence-corrected chi connectivity index (χ3v) is 10.2. The molecule has 4 rings (SSSR count). The summed E-state index contributed by atoms with van der Waals surface area (Å²) in [6, 6.07) is 7.53. The molecule has 11 heteroatoms. The molecule has 1 aliphatic carbocycles. The second-order valence-corrected chi connectivity index (χ2v) is 13.1. The van der Waals surface area contributed by atoms with E-state index in [1.54, 1.807) is 0 Å². The summed E-state index contributed by atoms with van der Waals surface area (Å²) in [5.41, 5.74) is 1.60. The van der Waals surface area contributed by atoms with Crippen molar-refractivity contribution in [3.8, 4) is 6.07 Å². The lowest BCUT2D eigenvalue weighted by molar-refractivity contribution is -0.120. The summed E-state index contributed by atoms with van der Waals surface area (Å²) in [7, 11) is -7.39. The van der Waals surface area contributed by atoms with Gasteiger partial charge in [0.15, 0.2) is 9.84 Å². The first-order chi connectivity index (χ1) is 15.1. The van der Waals surface area contributed by atoms with Gasteiger partial charge in [-0.3, -0.25) is 4.79 Å². The molecule has 1 aliphatic heterocycles. The number of anilines is 1. The van der Waals surface area contributed by atoms with E-state index in [1.807, 2.05) is 0 Å². The SMILES string of the molecule is CS(=O)(=O)c1cccc(S(=O)(=O)N2CCC(C(=O)Nc3sc4c(c3C#N)CCC4)CC2)c1. The van der Waals surface area contributed by atoms with Crippen LogP contribution in [0.3, 0.4) is 0 Å². The van der Waals surface area contributed by atoms with Crippen molar-refractivity contribution in [1.82, 2.24) is 4.31 Å². The van der Waals surface area contributed by atoms with Gasteiger partial charge in [-0.25, -0.2) is 16.8 Å². The van der Waals surface area contributed by atoms with Gasteiger partial charge in [0.25, 0.3) is 0 Å². The predicted molar refractivity (Wildman–Crippen MR) is 121 cm³/mol. The number of benzene rings is 1. The van der Waals surface area contributed by atoms with E-state index >= 15 is 0 Å². The normalized spacial score (nSPS) is 17.6. The number of amides is 1. The van der Waals surface area contributed by atoms with Gasteiger partial charge in [-0.15, -0.1) is 11.3 Å². The van der Waals surface area contributed by atoms with Crippen molar-refractivity contribution >= 4 is 42.1 Å². The lowest BCUT2D eigenvalue weighted by Crippen LogP contribution is -2.41. The third kappa shape index (κ3) is 4.32. The second-order valence-electron chi connectivity index (χ2n) is 8.09. The highest BCUT2D eigenvalue weighted by atomic mass is 32.2. The number of piperidine rings is 1. The summed E-state index contributed by atoms with van der Waals surface area (Å²) in [5, 5.41) is 13.0. The first-order valence-corrected chi connectivity index (χ1v) is 14.4. The van der Waals surface area contributed by atoms with E-state index in [0.717, 1.165) is 36.0 Å². The minimum Gasteiger partial charge on any atom is -0.316 e. The molecule has 0 atom stereocenters. The molecule has 1 N–H and O–H groups in total. The van der Waals surface area contributed by atoms with Gasteiger partial charge >= 0.3 is 0 Å². The Bertz CT molecular complexity index is 1310. The first-order valence-electron chi connectivity index (χ1n) is 10.3. The first kappa shape index (κ1) is 22.9. The van der Waals surface area contributed by atoms with Gasteiger partial charge in [0.2, 0.25) is 15.9 Å². The molecule has 1 saturated heterocycles. The maximum Gasteiger partial charge on any atom is 0.243 e. The Morgan fingerprint density at radius 2 is 1.84 bits per heavy atom. The summed E-state index contributed by atoms with van der Waals surface area (Å²) < 4.78 is 50.8. The standard InChI is InChI=1S/C21H23N3O5S3/c1-31(26,27)15-4-2-5-16(12-15)32(28,29)24-10-8-14(9-11-24)20(25)23-21-18(13-22)17-6-3-7-19(17)30-21/h2,4-5,12,14H,3,6-11H2,1H3,(H,23,25). The lowest BCUT2D eigenvalue weighted by Gasteiger charge is -2.30. The van der Waals surface area contributed by atoms with Crippen molar-refractivity contribution in [2.75, 3.05) is 24.7 Å². The molecule has 1 amide bonds. The minimum absolute atomic E-state index is 0.0519. The van der Waals surface area contributed by atoms with Crippen LogP contribution in [-0.2, 0) is 37.5 Å². The number of fused-ring (bicyclic) bond motifs is 1. The van der Waals surface area contributed by atoms with Crippen molar-refractivity contribution in [2.24, 2.45) is 5.92 Å². The van der Waals surface area contributed by atoms with Gasteiger partial charge in [-0.05, 0) is 55.9 Å². The zero-order chi connectivity index (χ0) is 23.1. The number of carbonyl (C=O) groups excluding carboxylic acids is 1. The quantitative estimate of drug-likeness (QED) is 0.683. The van der Waals surface area contributed by atoms with Crippen LogP contribution < -0.4 is 5.32 Å². The molecule has 8 nitrogen and oxygen atoms in total. The fourth-order valence-electron chi connectivity index (χ4n) is 4.20.